The molecule has 11 heteroatoms. The highest BCUT2D eigenvalue weighted by atomic mass is 32.1. The van der Waals surface area contributed by atoms with Crippen molar-refractivity contribution in [3.05, 3.63) is 57.2 Å². The summed E-state index contributed by atoms with van der Waals surface area (Å²) in [6, 6.07) is 6.43. The number of nitro benzene ring substituents is 1. The second kappa shape index (κ2) is 6.51. The van der Waals surface area contributed by atoms with E-state index in [0.29, 0.717) is 17.7 Å². The monoisotopic (exact) mass is 369 g/mol. The van der Waals surface area contributed by atoms with Crippen LogP contribution in [0.1, 0.15) is 11.4 Å². The Morgan fingerprint density at radius 2 is 2.12 bits per heavy atom. The van der Waals surface area contributed by atoms with Gasteiger partial charge < -0.3 is 5.32 Å². The number of benzene rings is 1. The van der Waals surface area contributed by atoms with E-state index in [1.54, 1.807) is 0 Å². The first-order valence-electron chi connectivity index (χ1n) is 6.89. The molecule has 0 fully saturated rings. The van der Waals surface area contributed by atoms with Crippen LogP contribution < -0.4 is 5.32 Å². The number of H-pyrrole nitrogens is 1. The predicted molar refractivity (Wildman–Crippen MR) is 85.1 cm³/mol. The van der Waals surface area contributed by atoms with E-state index < -0.39 is 22.4 Å². The molecular weight excluding hydrogens is 359 g/mol. The number of halogens is 3. The third kappa shape index (κ3) is 3.76. The van der Waals surface area contributed by atoms with Crippen LogP contribution in [0.15, 0.2) is 35.7 Å². The van der Waals surface area contributed by atoms with Crippen molar-refractivity contribution in [2.24, 2.45) is 0 Å². The molecule has 7 nitrogen and oxygen atoms in total. The molecule has 0 aliphatic rings. The van der Waals surface area contributed by atoms with E-state index in [2.05, 4.69) is 20.5 Å². The van der Waals surface area contributed by atoms with Crippen molar-refractivity contribution in [3.63, 3.8) is 0 Å². The van der Waals surface area contributed by atoms with Gasteiger partial charge in [0.25, 0.3) is 5.69 Å². The second-order valence-electron chi connectivity index (χ2n) is 4.92. The highest BCUT2D eigenvalue weighted by Crippen LogP contribution is 2.37. The Morgan fingerprint density at radius 1 is 1.32 bits per heavy atom. The van der Waals surface area contributed by atoms with Crippen LogP contribution in [0.25, 0.3) is 10.7 Å². The van der Waals surface area contributed by atoms with Crippen LogP contribution in [0, 0.1) is 10.1 Å². The van der Waals surface area contributed by atoms with Crippen LogP contribution in [-0.2, 0) is 12.7 Å². The van der Waals surface area contributed by atoms with Gasteiger partial charge in [-0.05, 0) is 23.6 Å². The Bertz CT molecular complexity index is 892. The third-order valence-electron chi connectivity index (χ3n) is 3.23. The summed E-state index contributed by atoms with van der Waals surface area (Å²) in [5, 5.41) is 22.1. The molecule has 2 N–H and O–H groups in total. The van der Waals surface area contributed by atoms with Crippen molar-refractivity contribution in [3.8, 4) is 10.7 Å². The van der Waals surface area contributed by atoms with Gasteiger partial charge in [-0.1, -0.05) is 6.07 Å². The topological polar surface area (TPSA) is 96.7 Å². The first kappa shape index (κ1) is 16.9. The first-order valence-corrected chi connectivity index (χ1v) is 7.77. The fourth-order valence-electron chi connectivity index (χ4n) is 2.11. The smallest absolute Gasteiger partial charge is 0.378 e. The summed E-state index contributed by atoms with van der Waals surface area (Å²) in [7, 11) is 0. The Kier molecular flexibility index (Phi) is 4.40. The summed E-state index contributed by atoms with van der Waals surface area (Å²) >= 11 is 1.46. The molecule has 2 aromatic heterocycles. The molecule has 0 aliphatic heterocycles. The second-order valence-corrected chi connectivity index (χ2v) is 5.87. The Morgan fingerprint density at radius 3 is 2.76 bits per heavy atom. The summed E-state index contributed by atoms with van der Waals surface area (Å²) in [5.41, 5.74) is -2.20. The van der Waals surface area contributed by atoms with Gasteiger partial charge in [-0.25, -0.2) is 4.98 Å². The van der Waals surface area contributed by atoms with E-state index >= 15 is 0 Å². The quantitative estimate of drug-likeness (QED) is 0.522. The van der Waals surface area contributed by atoms with Gasteiger partial charge in [0.1, 0.15) is 11.4 Å². The van der Waals surface area contributed by atoms with Crippen molar-refractivity contribution in [2.45, 2.75) is 12.7 Å². The van der Waals surface area contributed by atoms with Crippen molar-refractivity contribution in [1.82, 2.24) is 15.2 Å². The zero-order valence-corrected chi connectivity index (χ0v) is 13.2. The zero-order valence-electron chi connectivity index (χ0n) is 12.4. The molecule has 3 aromatic rings. The van der Waals surface area contributed by atoms with Crippen molar-refractivity contribution >= 4 is 22.7 Å². The average Bonchev–Trinajstić information content (AvgIpc) is 3.23. The van der Waals surface area contributed by atoms with Gasteiger partial charge in [-0.3, -0.25) is 15.2 Å². The van der Waals surface area contributed by atoms with E-state index in [-0.39, 0.29) is 12.2 Å². The minimum absolute atomic E-state index is 0.0898. The molecule has 2 heterocycles. The van der Waals surface area contributed by atoms with Gasteiger partial charge in [0.05, 0.1) is 16.3 Å². The van der Waals surface area contributed by atoms with Gasteiger partial charge in [0, 0.05) is 11.8 Å². The number of thiophene rings is 1. The average molecular weight is 369 g/mol. The highest BCUT2D eigenvalue weighted by Gasteiger charge is 2.38. The number of hydrogen-bond acceptors (Lipinski definition) is 6. The van der Waals surface area contributed by atoms with Crippen molar-refractivity contribution < 1.29 is 18.1 Å². The Labute approximate surface area is 142 Å². The standard InChI is InChI=1S/C14H10F3N5O2S/c15-14(16,17)9-6-8(3-4-10(9)22(23)24)18-7-12-19-13(21-20-12)11-2-1-5-25-11/h1-6,18H,7H2,(H,19,20,21). The molecular formula is C14H10F3N5O2S. The molecule has 25 heavy (non-hydrogen) atoms. The third-order valence-corrected chi connectivity index (χ3v) is 4.10. The molecule has 3 rings (SSSR count). The van der Waals surface area contributed by atoms with Gasteiger partial charge in [-0.2, -0.15) is 18.3 Å². The molecule has 0 saturated heterocycles. The Hall–Kier alpha value is -2.95. The van der Waals surface area contributed by atoms with Gasteiger partial charge >= 0.3 is 6.18 Å². The fraction of sp³-hybridized carbons (Fsp3) is 0.143. The molecule has 0 radical (unpaired) electrons. The molecule has 0 atom stereocenters. The van der Waals surface area contributed by atoms with E-state index in [4.69, 9.17) is 0 Å². The summed E-state index contributed by atoms with van der Waals surface area (Å²) in [6.07, 6.45) is -4.82. The molecule has 0 bridgehead atoms. The summed E-state index contributed by atoms with van der Waals surface area (Å²) in [6.45, 7) is 0.0908. The number of hydrogen-bond donors (Lipinski definition) is 2. The van der Waals surface area contributed by atoms with E-state index in [0.717, 1.165) is 10.9 Å². The number of nitrogens with one attached hydrogen (secondary N) is 2. The van der Waals surface area contributed by atoms with Crippen LogP contribution in [-0.4, -0.2) is 20.1 Å². The van der Waals surface area contributed by atoms with Gasteiger partial charge in [0.15, 0.2) is 5.82 Å². The summed E-state index contributed by atoms with van der Waals surface area (Å²) < 4.78 is 38.9. The lowest BCUT2D eigenvalue weighted by Crippen LogP contribution is -2.10. The lowest BCUT2D eigenvalue weighted by molar-refractivity contribution is -0.388. The highest BCUT2D eigenvalue weighted by molar-refractivity contribution is 7.13. The van der Waals surface area contributed by atoms with Crippen LogP contribution >= 0.6 is 11.3 Å². The number of aromatic nitrogens is 3. The summed E-state index contributed by atoms with van der Waals surface area (Å²) in [5.74, 6) is 0.918. The number of anilines is 1. The number of aromatic amines is 1. The maximum atomic E-state index is 13.0. The molecule has 0 amide bonds. The van der Waals surface area contributed by atoms with Crippen molar-refractivity contribution in [1.29, 1.82) is 0 Å². The van der Waals surface area contributed by atoms with E-state index in [9.17, 15) is 23.3 Å². The fourth-order valence-corrected chi connectivity index (χ4v) is 2.77. The molecule has 0 spiro atoms. The summed E-state index contributed by atoms with van der Waals surface area (Å²) in [4.78, 5) is 14.8. The van der Waals surface area contributed by atoms with Crippen LogP contribution in [0.4, 0.5) is 24.5 Å². The molecule has 0 aliphatic carbocycles. The van der Waals surface area contributed by atoms with Crippen LogP contribution in [0.3, 0.4) is 0 Å². The first-order chi connectivity index (χ1) is 11.8. The SMILES string of the molecule is O=[N+]([O-])c1ccc(NCc2nc(-c3cccs3)n[nH]2)cc1C(F)(F)F. The zero-order chi connectivity index (χ0) is 18.0. The van der Waals surface area contributed by atoms with Crippen molar-refractivity contribution in [2.75, 3.05) is 5.32 Å². The Balaban J connectivity index is 1.76. The number of nitrogens with zero attached hydrogens (tertiary/aromatic N) is 3. The number of alkyl halides is 3. The van der Waals surface area contributed by atoms with Crippen LogP contribution in [0.2, 0.25) is 0 Å². The van der Waals surface area contributed by atoms with E-state index in [1.165, 1.54) is 17.4 Å². The largest absolute Gasteiger partial charge is 0.423 e. The molecule has 130 valence electrons. The molecule has 0 unspecified atom stereocenters. The minimum atomic E-state index is -4.82. The normalized spacial score (nSPS) is 11.5. The minimum Gasteiger partial charge on any atom is -0.378 e. The van der Waals surface area contributed by atoms with E-state index in [1.807, 2.05) is 17.5 Å². The van der Waals surface area contributed by atoms with Crippen LogP contribution in [0.5, 0.6) is 0 Å². The van der Waals surface area contributed by atoms with Gasteiger partial charge in [0.2, 0.25) is 0 Å². The lowest BCUT2D eigenvalue weighted by Gasteiger charge is -2.10. The molecule has 1 aromatic carbocycles. The number of rotatable bonds is 5. The number of nitro groups is 1. The maximum Gasteiger partial charge on any atom is 0.423 e. The molecule has 0 saturated carbocycles. The lowest BCUT2D eigenvalue weighted by atomic mass is 10.1. The van der Waals surface area contributed by atoms with Gasteiger partial charge in [-0.15, -0.1) is 11.3 Å². The predicted octanol–water partition coefficient (Wildman–Crippen LogP) is 4.07. The maximum absolute atomic E-state index is 13.0.